The van der Waals surface area contributed by atoms with E-state index in [0.717, 1.165) is 6.26 Å². The summed E-state index contributed by atoms with van der Waals surface area (Å²) in [4.78, 5) is 11.3. The molecule has 14 heavy (non-hydrogen) atoms. The van der Waals surface area contributed by atoms with Crippen LogP contribution in [0.2, 0.25) is 0 Å². The van der Waals surface area contributed by atoms with Gasteiger partial charge in [0.15, 0.2) is 0 Å². The highest BCUT2D eigenvalue weighted by atomic mass is 32.2. The summed E-state index contributed by atoms with van der Waals surface area (Å²) < 4.78 is 28.7. The molecule has 0 bridgehead atoms. The third-order valence-electron chi connectivity index (χ3n) is 1.15. The van der Waals surface area contributed by atoms with Crippen molar-refractivity contribution in [3.05, 3.63) is 0 Å². The number of sulfonamides is 1. The van der Waals surface area contributed by atoms with Gasteiger partial charge in [0.2, 0.25) is 10.0 Å². The Hall–Kier alpha value is -0.620. The fraction of sp³-hybridized carbons (Fsp3) is 0.875. The molecule has 0 saturated heterocycles. The standard InChI is InChI=1S/C8H17NO4S/c1-6(9-14(5,11)12)7(10)13-8(2,3)4/h6,9H,1-5H3/t6-/m1/s1. The fourth-order valence-electron chi connectivity index (χ4n) is 0.759. The number of carbonyl (C=O) groups excluding carboxylic acids is 1. The largest absolute Gasteiger partial charge is 0.459 e. The molecule has 1 N–H and O–H groups in total. The summed E-state index contributed by atoms with van der Waals surface area (Å²) in [7, 11) is -3.37. The summed E-state index contributed by atoms with van der Waals surface area (Å²) in [5.74, 6) is -0.581. The summed E-state index contributed by atoms with van der Waals surface area (Å²) in [5, 5.41) is 0. The highest BCUT2D eigenvalue weighted by Crippen LogP contribution is 2.08. The van der Waals surface area contributed by atoms with Crippen LogP contribution in [0.15, 0.2) is 0 Å². The number of esters is 1. The second-order valence-corrected chi connectivity index (χ2v) is 5.93. The predicted octanol–water partition coefficient (Wildman–Crippen LogP) is 0.266. The summed E-state index contributed by atoms with van der Waals surface area (Å²) in [6.07, 6.45) is 0.994. The first kappa shape index (κ1) is 13.4. The van der Waals surface area contributed by atoms with Crippen LogP contribution >= 0.6 is 0 Å². The molecule has 0 radical (unpaired) electrons. The average Bonchev–Trinajstić information content (AvgIpc) is 1.78. The molecule has 0 aromatic heterocycles. The maximum Gasteiger partial charge on any atom is 0.324 e. The Kier molecular flexibility index (Phi) is 4.08. The van der Waals surface area contributed by atoms with Crippen LogP contribution in [-0.2, 0) is 19.6 Å². The maximum atomic E-state index is 11.3. The van der Waals surface area contributed by atoms with Crippen LogP contribution in [0.5, 0.6) is 0 Å². The topological polar surface area (TPSA) is 72.5 Å². The molecule has 0 aliphatic heterocycles. The van der Waals surface area contributed by atoms with Crippen LogP contribution in [0.4, 0.5) is 0 Å². The number of hydrogen-bond acceptors (Lipinski definition) is 4. The maximum absolute atomic E-state index is 11.3. The Morgan fingerprint density at radius 2 is 1.79 bits per heavy atom. The van der Waals surface area contributed by atoms with E-state index in [-0.39, 0.29) is 0 Å². The molecule has 0 unspecified atom stereocenters. The van der Waals surface area contributed by atoms with Gasteiger partial charge in [-0.1, -0.05) is 0 Å². The van der Waals surface area contributed by atoms with E-state index in [1.807, 2.05) is 0 Å². The molecule has 0 aliphatic carbocycles. The molecule has 5 nitrogen and oxygen atoms in total. The minimum atomic E-state index is -3.37. The van der Waals surface area contributed by atoms with Gasteiger partial charge < -0.3 is 4.74 Å². The second kappa shape index (κ2) is 4.27. The van der Waals surface area contributed by atoms with Crippen LogP contribution in [0.25, 0.3) is 0 Å². The quantitative estimate of drug-likeness (QED) is 0.697. The third-order valence-corrected chi connectivity index (χ3v) is 1.93. The number of hydrogen-bond donors (Lipinski definition) is 1. The third kappa shape index (κ3) is 6.85. The summed E-state index contributed by atoms with van der Waals surface area (Å²) in [5.41, 5.74) is -0.607. The van der Waals surface area contributed by atoms with E-state index in [4.69, 9.17) is 4.74 Å². The predicted molar refractivity (Wildman–Crippen MR) is 53.3 cm³/mol. The van der Waals surface area contributed by atoms with Gasteiger partial charge in [-0.2, -0.15) is 0 Å². The van der Waals surface area contributed by atoms with Crippen molar-refractivity contribution in [2.45, 2.75) is 39.3 Å². The van der Waals surface area contributed by atoms with Gasteiger partial charge in [0, 0.05) is 0 Å². The summed E-state index contributed by atoms with van der Waals surface area (Å²) in [6.45, 7) is 6.60. The molecule has 0 rings (SSSR count). The summed E-state index contributed by atoms with van der Waals surface area (Å²) >= 11 is 0. The Morgan fingerprint density at radius 3 is 2.07 bits per heavy atom. The lowest BCUT2D eigenvalue weighted by molar-refractivity contribution is -0.156. The number of nitrogens with one attached hydrogen (secondary N) is 1. The van der Waals surface area contributed by atoms with Crippen molar-refractivity contribution in [2.24, 2.45) is 0 Å². The van der Waals surface area contributed by atoms with Gasteiger partial charge >= 0.3 is 5.97 Å². The molecular formula is C8H17NO4S. The zero-order valence-corrected chi connectivity index (χ0v) is 9.94. The molecule has 1 atom stereocenters. The Morgan fingerprint density at radius 1 is 1.36 bits per heavy atom. The monoisotopic (exact) mass is 223 g/mol. The van der Waals surface area contributed by atoms with Gasteiger partial charge in [-0.05, 0) is 27.7 Å². The highest BCUT2D eigenvalue weighted by Gasteiger charge is 2.23. The number of ether oxygens (including phenoxy) is 1. The van der Waals surface area contributed by atoms with E-state index in [1.54, 1.807) is 20.8 Å². The van der Waals surface area contributed by atoms with Crippen molar-refractivity contribution in [3.63, 3.8) is 0 Å². The van der Waals surface area contributed by atoms with E-state index in [0.29, 0.717) is 0 Å². The lowest BCUT2D eigenvalue weighted by atomic mass is 10.2. The number of rotatable bonds is 3. The van der Waals surface area contributed by atoms with Gasteiger partial charge in [0.05, 0.1) is 6.26 Å². The zero-order chi connectivity index (χ0) is 11.6. The lowest BCUT2D eigenvalue weighted by Gasteiger charge is -2.22. The molecule has 6 heteroatoms. The molecule has 0 aromatic carbocycles. The zero-order valence-electron chi connectivity index (χ0n) is 9.12. The summed E-state index contributed by atoms with van der Waals surface area (Å²) in [6, 6.07) is -0.857. The number of carbonyl (C=O) groups is 1. The van der Waals surface area contributed by atoms with Gasteiger partial charge in [0.1, 0.15) is 11.6 Å². The van der Waals surface area contributed by atoms with E-state index in [2.05, 4.69) is 4.72 Å². The Labute approximate surface area is 84.9 Å². The molecular weight excluding hydrogens is 206 g/mol. The Bertz CT molecular complexity index is 302. The minimum absolute atomic E-state index is 0.581. The van der Waals surface area contributed by atoms with Crippen molar-refractivity contribution >= 4 is 16.0 Å². The van der Waals surface area contributed by atoms with Gasteiger partial charge in [-0.3, -0.25) is 4.79 Å². The van der Waals surface area contributed by atoms with Crippen molar-refractivity contribution in [1.29, 1.82) is 0 Å². The van der Waals surface area contributed by atoms with E-state index in [1.165, 1.54) is 6.92 Å². The highest BCUT2D eigenvalue weighted by molar-refractivity contribution is 7.88. The molecule has 0 amide bonds. The van der Waals surface area contributed by atoms with Crippen molar-refractivity contribution < 1.29 is 17.9 Å². The van der Waals surface area contributed by atoms with Gasteiger partial charge in [0.25, 0.3) is 0 Å². The van der Waals surface area contributed by atoms with Crippen LogP contribution in [0.1, 0.15) is 27.7 Å². The van der Waals surface area contributed by atoms with Crippen LogP contribution in [0, 0.1) is 0 Å². The molecule has 0 fully saturated rings. The smallest absolute Gasteiger partial charge is 0.324 e. The van der Waals surface area contributed by atoms with E-state index in [9.17, 15) is 13.2 Å². The second-order valence-electron chi connectivity index (χ2n) is 4.15. The van der Waals surface area contributed by atoms with Crippen molar-refractivity contribution in [3.8, 4) is 0 Å². The molecule has 0 saturated carbocycles. The fourth-order valence-corrected chi connectivity index (χ4v) is 1.50. The first-order chi connectivity index (χ1) is 6.01. The molecule has 0 spiro atoms. The van der Waals surface area contributed by atoms with E-state index < -0.39 is 27.6 Å². The molecule has 0 aromatic rings. The first-order valence-corrected chi connectivity index (χ1v) is 6.10. The lowest BCUT2D eigenvalue weighted by Crippen LogP contribution is -2.41. The van der Waals surface area contributed by atoms with Crippen LogP contribution in [-0.4, -0.2) is 32.3 Å². The minimum Gasteiger partial charge on any atom is -0.459 e. The molecule has 84 valence electrons. The van der Waals surface area contributed by atoms with E-state index >= 15 is 0 Å². The average molecular weight is 223 g/mol. The SMILES string of the molecule is C[C@@H](NS(C)(=O)=O)C(=O)OC(C)(C)C. The van der Waals surface area contributed by atoms with Gasteiger partial charge in [-0.15, -0.1) is 0 Å². The Balaban J connectivity index is 4.29. The molecule has 0 heterocycles. The van der Waals surface area contributed by atoms with Crippen molar-refractivity contribution in [2.75, 3.05) is 6.26 Å². The first-order valence-electron chi connectivity index (χ1n) is 4.21. The van der Waals surface area contributed by atoms with Crippen LogP contribution < -0.4 is 4.72 Å². The molecule has 0 aliphatic rings. The van der Waals surface area contributed by atoms with Crippen LogP contribution in [0.3, 0.4) is 0 Å². The normalized spacial score (nSPS) is 14.9. The van der Waals surface area contributed by atoms with Crippen molar-refractivity contribution in [1.82, 2.24) is 4.72 Å². The van der Waals surface area contributed by atoms with Gasteiger partial charge in [-0.25, -0.2) is 13.1 Å².